The van der Waals surface area contributed by atoms with Crippen molar-refractivity contribution in [3.8, 4) is 11.8 Å². The van der Waals surface area contributed by atoms with Gasteiger partial charge in [-0.2, -0.15) is 5.26 Å². The van der Waals surface area contributed by atoms with Crippen LogP contribution in [0.1, 0.15) is 24.2 Å². The molecule has 0 fully saturated rings. The first kappa shape index (κ1) is 14.1. The first-order chi connectivity index (χ1) is 8.36. The SMILES string of the molecule is CC(=O)c1cc(Br)cc([N+](=O)[O-])c1OC(C)C#N. The fourth-order valence-electron chi connectivity index (χ4n) is 1.30. The molecule has 1 rings (SSSR count). The highest BCUT2D eigenvalue weighted by Gasteiger charge is 2.24. The molecular formula is C11H9BrN2O4. The van der Waals surface area contributed by atoms with E-state index in [-0.39, 0.29) is 22.8 Å². The van der Waals surface area contributed by atoms with Crippen LogP contribution in [0.15, 0.2) is 16.6 Å². The van der Waals surface area contributed by atoms with Gasteiger partial charge in [-0.1, -0.05) is 15.9 Å². The van der Waals surface area contributed by atoms with Crippen LogP contribution in [-0.4, -0.2) is 16.8 Å². The summed E-state index contributed by atoms with van der Waals surface area (Å²) in [5.41, 5.74) is -0.283. The van der Waals surface area contributed by atoms with Gasteiger partial charge in [0.05, 0.1) is 10.5 Å². The van der Waals surface area contributed by atoms with Crippen molar-refractivity contribution in [2.24, 2.45) is 0 Å². The van der Waals surface area contributed by atoms with E-state index in [1.807, 2.05) is 0 Å². The van der Waals surface area contributed by atoms with Gasteiger partial charge in [-0.05, 0) is 19.9 Å². The maximum atomic E-state index is 11.5. The van der Waals surface area contributed by atoms with Crippen molar-refractivity contribution < 1.29 is 14.5 Å². The number of carbonyl (C=O) groups excluding carboxylic acids is 1. The van der Waals surface area contributed by atoms with E-state index < -0.39 is 11.0 Å². The smallest absolute Gasteiger partial charge is 0.312 e. The van der Waals surface area contributed by atoms with Gasteiger partial charge in [-0.15, -0.1) is 0 Å². The molecule has 7 heteroatoms. The monoisotopic (exact) mass is 312 g/mol. The fraction of sp³-hybridized carbons (Fsp3) is 0.273. The Hall–Kier alpha value is -1.94. The molecule has 0 aliphatic rings. The molecule has 0 radical (unpaired) electrons. The number of Topliss-reactive ketones (excluding diaryl/α,β-unsaturated/α-hetero) is 1. The van der Waals surface area contributed by atoms with Crippen molar-refractivity contribution >= 4 is 27.4 Å². The Balaban J connectivity index is 3.46. The second kappa shape index (κ2) is 5.60. The van der Waals surface area contributed by atoms with E-state index >= 15 is 0 Å². The molecule has 94 valence electrons. The molecule has 0 spiro atoms. The van der Waals surface area contributed by atoms with E-state index in [0.29, 0.717) is 4.47 Å². The van der Waals surface area contributed by atoms with E-state index in [0.717, 1.165) is 0 Å². The van der Waals surface area contributed by atoms with Crippen LogP contribution in [0, 0.1) is 21.4 Å². The minimum absolute atomic E-state index is 0.0678. The molecule has 0 aliphatic carbocycles. The van der Waals surface area contributed by atoms with Gasteiger partial charge in [0.2, 0.25) is 5.75 Å². The predicted octanol–water partition coefficient (Wildman–Crippen LogP) is 2.85. The Morgan fingerprint density at radius 3 is 2.67 bits per heavy atom. The van der Waals surface area contributed by atoms with Gasteiger partial charge in [0, 0.05) is 10.5 Å². The van der Waals surface area contributed by atoms with Gasteiger partial charge in [-0.3, -0.25) is 14.9 Å². The average Bonchev–Trinajstić information content (AvgIpc) is 2.29. The molecule has 0 N–H and O–H groups in total. The van der Waals surface area contributed by atoms with E-state index in [2.05, 4.69) is 15.9 Å². The van der Waals surface area contributed by atoms with Crippen molar-refractivity contribution in [3.63, 3.8) is 0 Å². The Morgan fingerprint density at radius 2 is 2.22 bits per heavy atom. The molecule has 1 aromatic rings. The summed E-state index contributed by atoms with van der Waals surface area (Å²) in [5.74, 6) is -0.552. The van der Waals surface area contributed by atoms with Crippen molar-refractivity contribution in [1.82, 2.24) is 0 Å². The van der Waals surface area contributed by atoms with Crippen LogP contribution in [0.3, 0.4) is 0 Å². The fourth-order valence-corrected chi connectivity index (χ4v) is 1.75. The highest BCUT2D eigenvalue weighted by atomic mass is 79.9. The minimum Gasteiger partial charge on any atom is -0.468 e. The van der Waals surface area contributed by atoms with Gasteiger partial charge in [0.25, 0.3) is 0 Å². The standard InChI is InChI=1S/C11H9BrN2O4/c1-6(5-13)18-11-9(7(2)15)3-8(12)4-10(11)14(16)17/h3-4,6H,1-2H3. The van der Waals surface area contributed by atoms with Crippen LogP contribution in [0.4, 0.5) is 5.69 Å². The normalized spacial score (nSPS) is 11.4. The summed E-state index contributed by atoms with van der Waals surface area (Å²) >= 11 is 3.09. The number of hydrogen-bond acceptors (Lipinski definition) is 5. The number of nitro benzene ring substituents is 1. The number of carbonyl (C=O) groups is 1. The summed E-state index contributed by atoms with van der Waals surface area (Å²) in [6.07, 6.45) is -0.886. The lowest BCUT2D eigenvalue weighted by Crippen LogP contribution is -2.12. The number of benzene rings is 1. The molecule has 6 nitrogen and oxygen atoms in total. The molecule has 0 bridgehead atoms. The largest absolute Gasteiger partial charge is 0.468 e. The molecule has 1 aromatic carbocycles. The molecule has 18 heavy (non-hydrogen) atoms. The van der Waals surface area contributed by atoms with Crippen molar-refractivity contribution in [3.05, 3.63) is 32.3 Å². The lowest BCUT2D eigenvalue weighted by molar-refractivity contribution is -0.386. The van der Waals surface area contributed by atoms with Gasteiger partial charge in [0.15, 0.2) is 11.9 Å². The topological polar surface area (TPSA) is 93.2 Å². The number of rotatable bonds is 4. The number of nitriles is 1. The molecule has 0 amide bonds. The van der Waals surface area contributed by atoms with Gasteiger partial charge < -0.3 is 4.74 Å². The second-order valence-electron chi connectivity index (χ2n) is 3.50. The highest BCUT2D eigenvalue weighted by Crippen LogP contribution is 2.35. The first-order valence-corrected chi connectivity index (χ1v) is 5.71. The second-order valence-corrected chi connectivity index (χ2v) is 4.42. The van der Waals surface area contributed by atoms with Crippen LogP contribution in [0.2, 0.25) is 0 Å². The molecule has 0 aliphatic heterocycles. The first-order valence-electron chi connectivity index (χ1n) is 4.92. The zero-order valence-electron chi connectivity index (χ0n) is 9.64. The molecule has 1 unspecified atom stereocenters. The van der Waals surface area contributed by atoms with Crippen LogP contribution in [0.5, 0.6) is 5.75 Å². The summed E-state index contributed by atoms with van der Waals surface area (Å²) in [6, 6.07) is 4.45. The van der Waals surface area contributed by atoms with Crippen LogP contribution < -0.4 is 4.74 Å². The average molecular weight is 313 g/mol. The van der Waals surface area contributed by atoms with Crippen LogP contribution in [-0.2, 0) is 0 Å². The molecule has 0 heterocycles. The third-order valence-corrected chi connectivity index (χ3v) is 2.54. The summed E-state index contributed by atoms with van der Waals surface area (Å²) in [5, 5.41) is 19.6. The Bertz CT molecular complexity index is 515. The van der Waals surface area contributed by atoms with Crippen molar-refractivity contribution in [1.29, 1.82) is 5.26 Å². The number of nitrogens with zero attached hydrogens (tertiary/aromatic N) is 2. The Morgan fingerprint density at radius 1 is 1.61 bits per heavy atom. The number of nitro groups is 1. The third-order valence-electron chi connectivity index (χ3n) is 2.09. The predicted molar refractivity (Wildman–Crippen MR) is 66.5 cm³/mol. The van der Waals surface area contributed by atoms with Gasteiger partial charge >= 0.3 is 5.69 Å². The molecule has 0 aromatic heterocycles. The van der Waals surface area contributed by atoms with Gasteiger partial charge in [-0.25, -0.2) is 0 Å². The van der Waals surface area contributed by atoms with Gasteiger partial charge in [0.1, 0.15) is 6.07 Å². The molecule has 1 atom stereocenters. The number of halogens is 1. The quantitative estimate of drug-likeness (QED) is 0.484. The van der Waals surface area contributed by atoms with Crippen molar-refractivity contribution in [2.75, 3.05) is 0 Å². The van der Waals surface area contributed by atoms with Crippen LogP contribution in [0.25, 0.3) is 0 Å². The lowest BCUT2D eigenvalue weighted by atomic mass is 10.1. The summed E-state index contributed by atoms with van der Waals surface area (Å²) in [7, 11) is 0. The molecular weight excluding hydrogens is 304 g/mol. The lowest BCUT2D eigenvalue weighted by Gasteiger charge is -2.11. The number of ketones is 1. The van der Waals surface area contributed by atoms with Crippen molar-refractivity contribution in [2.45, 2.75) is 20.0 Å². The zero-order chi connectivity index (χ0) is 13.9. The highest BCUT2D eigenvalue weighted by molar-refractivity contribution is 9.10. The molecule has 0 saturated carbocycles. The maximum Gasteiger partial charge on any atom is 0.312 e. The van der Waals surface area contributed by atoms with Crippen LogP contribution >= 0.6 is 15.9 Å². The van der Waals surface area contributed by atoms with E-state index in [9.17, 15) is 14.9 Å². The van der Waals surface area contributed by atoms with E-state index in [4.69, 9.17) is 10.00 Å². The summed E-state index contributed by atoms with van der Waals surface area (Å²) < 4.78 is 5.56. The third kappa shape index (κ3) is 3.05. The summed E-state index contributed by atoms with van der Waals surface area (Å²) in [4.78, 5) is 21.7. The Labute approximate surface area is 111 Å². The summed E-state index contributed by atoms with van der Waals surface area (Å²) in [6.45, 7) is 2.71. The molecule has 0 saturated heterocycles. The zero-order valence-corrected chi connectivity index (χ0v) is 11.2. The van der Waals surface area contributed by atoms with E-state index in [1.54, 1.807) is 6.07 Å². The Kier molecular flexibility index (Phi) is 4.39. The minimum atomic E-state index is -0.886. The maximum absolute atomic E-state index is 11.5. The van der Waals surface area contributed by atoms with E-state index in [1.165, 1.54) is 26.0 Å². The number of ether oxygens (including phenoxy) is 1. The number of hydrogen-bond donors (Lipinski definition) is 0.